The van der Waals surface area contributed by atoms with Crippen molar-refractivity contribution >= 4 is 27.6 Å². The van der Waals surface area contributed by atoms with Crippen molar-refractivity contribution in [3.05, 3.63) is 41.7 Å². The van der Waals surface area contributed by atoms with Crippen LogP contribution in [0.1, 0.15) is 65.3 Å². The van der Waals surface area contributed by atoms with Crippen molar-refractivity contribution in [1.82, 2.24) is 9.97 Å². The molecule has 1 heterocycles. The van der Waals surface area contributed by atoms with Crippen LogP contribution in [0.4, 0.5) is 11.6 Å². The van der Waals surface area contributed by atoms with Crippen molar-refractivity contribution in [2.24, 2.45) is 10.8 Å². The van der Waals surface area contributed by atoms with Crippen molar-refractivity contribution < 1.29 is 13.2 Å². The van der Waals surface area contributed by atoms with Crippen LogP contribution in [-0.2, 0) is 14.8 Å². The van der Waals surface area contributed by atoms with Crippen molar-refractivity contribution in [2.45, 2.75) is 72.6 Å². The summed E-state index contributed by atoms with van der Waals surface area (Å²) < 4.78 is 27.8. The van der Waals surface area contributed by atoms with Gasteiger partial charge in [0, 0.05) is 22.5 Å². The number of hydrogen-bond donors (Lipinski definition) is 2. The number of carbonyl (C=O) groups excluding carboxylic acids is 1. The van der Waals surface area contributed by atoms with Gasteiger partial charge >= 0.3 is 0 Å². The first kappa shape index (κ1) is 24.8. The molecular formula is C23H34N4O3S. The average Bonchev–Trinajstić information content (AvgIpc) is 2.64. The Hall–Kier alpha value is -2.48. The van der Waals surface area contributed by atoms with Gasteiger partial charge in [-0.1, -0.05) is 34.6 Å². The fourth-order valence-corrected chi connectivity index (χ4v) is 4.79. The van der Waals surface area contributed by atoms with Crippen LogP contribution in [0.5, 0.6) is 0 Å². The number of rotatable bonds is 8. The molecular weight excluding hydrogens is 412 g/mol. The maximum absolute atomic E-state index is 13.1. The van der Waals surface area contributed by atoms with Crippen LogP contribution in [0.15, 0.2) is 35.2 Å². The van der Waals surface area contributed by atoms with Crippen LogP contribution in [0.2, 0.25) is 0 Å². The number of anilines is 2. The molecule has 1 aromatic heterocycles. The van der Waals surface area contributed by atoms with E-state index in [0.717, 1.165) is 19.3 Å². The second kappa shape index (κ2) is 9.34. The summed E-state index contributed by atoms with van der Waals surface area (Å²) in [5, 5.41) is 2.97. The van der Waals surface area contributed by atoms with Gasteiger partial charge in [0.05, 0.1) is 4.90 Å². The minimum atomic E-state index is -3.84. The van der Waals surface area contributed by atoms with E-state index in [-0.39, 0.29) is 22.2 Å². The van der Waals surface area contributed by atoms with Crippen LogP contribution in [0.25, 0.3) is 0 Å². The van der Waals surface area contributed by atoms with E-state index in [4.69, 9.17) is 0 Å². The monoisotopic (exact) mass is 446 g/mol. The van der Waals surface area contributed by atoms with Gasteiger partial charge in [-0.15, -0.1) is 0 Å². The minimum absolute atomic E-state index is 0.0170. The lowest BCUT2D eigenvalue weighted by Gasteiger charge is -2.36. The molecule has 0 atom stereocenters. The maximum atomic E-state index is 13.1. The summed E-state index contributed by atoms with van der Waals surface area (Å²) in [4.78, 5) is 21.4. The van der Waals surface area contributed by atoms with E-state index in [1.54, 1.807) is 32.0 Å². The zero-order valence-electron chi connectivity index (χ0n) is 19.5. The molecule has 8 heteroatoms. The zero-order chi connectivity index (χ0) is 23.4. The van der Waals surface area contributed by atoms with Gasteiger partial charge in [-0.25, -0.2) is 23.1 Å². The summed E-state index contributed by atoms with van der Waals surface area (Å²) in [5.41, 5.74) is 1.46. The quantitative estimate of drug-likeness (QED) is 0.589. The summed E-state index contributed by atoms with van der Waals surface area (Å²) in [6, 6.07) is 7.89. The average molecular weight is 447 g/mol. The number of nitrogens with one attached hydrogen (secondary N) is 2. The summed E-state index contributed by atoms with van der Waals surface area (Å²) in [7, 11) is -3.84. The van der Waals surface area contributed by atoms with Gasteiger partial charge in [0.25, 0.3) is 10.0 Å². The molecule has 2 rings (SSSR count). The number of sulfonamides is 1. The Kier molecular flexibility index (Phi) is 7.47. The molecule has 0 aliphatic rings. The largest absolute Gasteiger partial charge is 0.326 e. The van der Waals surface area contributed by atoms with E-state index < -0.39 is 15.4 Å². The molecule has 2 N–H and O–H groups in total. The third-order valence-electron chi connectivity index (χ3n) is 5.33. The molecule has 31 heavy (non-hydrogen) atoms. The van der Waals surface area contributed by atoms with Gasteiger partial charge in [0.15, 0.2) is 0 Å². The first-order chi connectivity index (χ1) is 14.3. The molecule has 170 valence electrons. The van der Waals surface area contributed by atoms with Gasteiger partial charge < -0.3 is 5.32 Å². The molecule has 0 spiro atoms. The Morgan fingerprint density at radius 2 is 1.48 bits per heavy atom. The molecule has 1 aromatic carbocycles. The zero-order valence-corrected chi connectivity index (χ0v) is 20.4. The van der Waals surface area contributed by atoms with E-state index in [9.17, 15) is 13.2 Å². The highest BCUT2D eigenvalue weighted by molar-refractivity contribution is 7.92. The fourth-order valence-electron chi connectivity index (χ4n) is 3.85. The highest BCUT2D eigenvalue weighted by Crippen LogP contribution is 2.40. The van der Waals surface area contributed by atoms with Gasteiger partial charge in [0.1, 0.15) is 0 Å². The molecule has 0 radical (unpaired) electrons. The summed E-state index contributed by atoms with van der Waals surface area (Å²) in [5.74, 6) is -0.00229. The fraction of sp³-hybridized carbons (Fsp3) is 0.522. The van der Waals surface area contributed by atoms with Gasteiger partial charge in [-0.05, 0) is 68.9 Å². The lowest BCUT2D eigenvalue weighted by molar-refractivity contribution is -0.127. The smallest absolute Gasteiger partial charge is 0.264 e. The number of hydrogen-bond acceptors (Lipinski definition) is 5. The summed E-state index contributed by atoms with van der Waals surface area (Å²) in [6.45, 7) is 14.0. The standard InChI is InChI=1S/C23H34N4O3S/c1-8-23(9-2,15-22(5,6)7)20(28)26-18-10-12-19(13-11-18)31(29,30)27-21-24-16(3)14-17(4)25-21/h10-14H,8-9,15H2,1-7H3,(H,26,28)(H,24,25,27). The molecule has 1 amide bonds. The van der Waals surface area contributed by atoms with Crippen molar-refractivity contribution in [1.29, 1.82) is 0 Å². The van der Waals surface area contributed by atoms with E-state index >= 15 is 0 Å². The Labute approximate surface area is 186 Å². The van der Waals surface area contributed by atoms with Gasteiger partial charge in [-0.2, -0.15) is 0 Å². The summed E-state index contributed by atoms with van der Waals surface area (Å²) in [6.07, 6.45) is 2.24. The molecule has 0 unspecified atom stereocenters. The molecule has 0 bridgehead atoms. The SMILES string of the molecule is CCC(CC)(CC(C)(C)C)C(=O)Nc1ccc(S(=O)(=O)Nc2nc(C)cc(C)n2)cc1. The van der Waals surface area contributed by atoms with Crippen LogP contribution >= 0.6 is 0 Å². The Morgan fingerprint density at radius 3 is 1.94 bits per heavy atom. The molecule has 0 saturated heterocycles. The highest BCUT2D eigenvalue weighted by Gasteiger charge is 2.38. The van der Waals surface area contributed by atoms with Crippen LogP contribution in [-0.4, -0.2) is 24.3 Å². The maximum Gasteiger partial charge on any atom is 0.264 e. The number of aryl methyl sites for hydroxylation is 2. The third kappa shape index (κ3) is 6.50. The van der Waals surface area contributed by atoms with Crippen molar-refractivity contribution in [3.8, 4) is 0 Å². The van der Waals surface area contributed by atoms with E-state index in [0.29, 0.717) is 17.1 Å². The second-order valence-electron chi connectivity index (χ2n) is 9.28. The van der Waals surface area contributed by atoms with E-state index in [1.165, 1.54) is 12.1 Å². The minimum Gasteiger partial charge on any atom is -0.326 e. The molecule has 0 fully saturated rings. The van der Waals surface area contributed by atoms with Crippen LogP contribution < -0.4 is 10.0 Å². The molecule has 0 saturated carbocycles. The Balaban J connectivity index is 2.19. The number of benzene rings is 1. The predicted octanol–water partition coefficient (Wildman–Crippen LogP) is 5.08. The number of carbonyl (C=O) groups is 1. The molecule has 2 aromatic rings. The van der Waals surface area contributed by atoms with E-state index in [1.807, 2.05) is 13.8 Å². The lowest BCUT2D eigenvalue weighted by Crippen LogP contribution is -2.38. The molecule has 0 aliphatic heterocycles. The number of nitrogens with zero attached hydrogens (tertiary/aromatic N) is 2. The molecule has 7 nitrogen and oxygen atoms in total. The highest BCUT2D eigenvalue weighted by atomic mass is 32.2. The molecule has 0 aliphatic carbocycles. The van der Waals surface area contributed by atoms with Gasteiger partial charge in [-0.3, -0.25) is 4.79 Å². The van der Waals surface area contributed by atoms with Crippen LogP contribution in [0, 0.1) is 24.7 Å². The topological polar surface area (TPSA) is 101 Å². The van der Waals surface area contributed by atoms with Crippen molar-refractivity contribution in [3.63, 3.8) is 0 Å². The Bertz CT molecular complexity index is 1000. The first-order valence-electron chi connectivity index (χ1n) is 10.6. The predicted molar refractivity (Wildman–Crippen MR) is 124 cm³/mol. The number of amides is 1. The second-order valence-corrected chi connectivity index (χ2v) is 11.0. The van der Waals surface area contributed by atoms with Gasteiger partial charge in [0.2, 0.25) is 11.9 Å². The lowest BCUT2D eigenvalue weighted by atomic mass is 9.70. The van der Waals surface area contributed by atoms with Crippen LogP contribution in [0.3, 0.4) is 0 Å². The third-order valence-corrected chi connectivity index (χ3v) is 6.68. The van der Waals surface area contributed by atoms with E-state index in [2.05, 4.69) is 40.8 Å². The normalized spacial score (nSPS) is 12.5. The summed E-state index contributed by atoms with van der Waals surface area (Å²) >= 11 is 0. The van der Waals surface area contributed by atoms with Crippen molar-refractivity contribution in [2.75, 3.05) is 10.0 Å². The Morgan fingerprint density at radius 1 is 0.968 bits per heavy atom. The number of aromatic nitrogens is 2. The first-order valence-corrected chi connectivity index (χ1v) is 12.1.